The quantitative estimate of drug-likeness (QED) is 0.616. The summed E-state index contributed by atoms with van der Waals surface area (Å²) in [5, 5.41) is 0. The Balaban J connectivity index is 2.04. The fourth-order valence-electron chi connectivity index (χ4n) is 2.49. The number of carbonyl (C=O) groups excluding carboxylic acids is 2. The largest absolute Gasteiger partial charge is 0.468 e. The third kappa shape index (κ3) is 6.36. The molecule has 0 bridgehead atoms. The monoisotopic (exact) mass is 406 g/mol. The number of benzene rings is 2. The van der Waals surface area contributed by atoms with Crippen molar-refractivity contribution in [1.82, 2.24) is 4.72 Å². The van der Waals surface area contributed by atoms with E-state index in [-0.39, 0.29) is 17.7 Å². The molecule has 0 unspecified atom stereocenters. The molecular weight excluding hydrogens is 384 g/mol. The van der Waals surface area contributed by atoms with E-state index in [1.54, 1.807) is 0 Å². The summed E-state index contributed by atoms with van der Waals surface area (Å²) in [6, 6.07) is 14.0. The highest BCUT2D eigenvalue weighted by atomic mass is 32.2. The number of hydrogen-bond acceptors (Lipinski definition) is 6. The zero-order valence-corrected chi connectivity index (χ0v) is 16.4. The van der Waals surface area contributed by atoms with E-state index in [0.29, 0.717) is 6.42 Å². The second-order valence-corrected chi connectivity index (χ2v) is 7.34. The summed E-state index contributed by atoms with van der Waals surface area (Å²) >= 11 is 0. The SMILES string of the molecule is COC(=O)c1ccc(NS(=O)(=O)N[C@H](CCc2ccccc2)C(=O)OC)cc1. The highest BCUT2D eigenvalue weighted by molar-refractivity contribution is 7.90. The van der Waals surface area contributed by atoms with Gasteiger partial charge in [-0.1, -0.05) is 30.3 Å². The van der Waals surface area contributed by atoms with Crippen molar-refractivity contribution >= 4 is 27.8 Å². The van der Waals surface area contributed by atoms with Gasteiger partial charge in [0.05, 0.1) is 19.8 Å². The number of carbonyl (C=O) groups is 2. The summed E-state index contributed by atoms with van der Waals surface area (Å²) in [6.07, 6.45) is 0.732. The molecule has 8 nitrogen and oxygen atoms in total. The van der Waals surface area contributed by atoms with Crippen molar-refractivity contribution in [2.45, 2.75) is 18.9 Å². The number of nitrogens with one attached hydrogen (secondary N) is 2. The fraction of sp³-hybridized carbons (Fsp3) is 0.263. The predicted molar refractivity (Wildman–Crippen MR) is 104 cm³/mol. The second-order valence-electron chi connectivity index (χ2n) is 5.89. The molecule has 28 heavy (non-hydrogen) atoms. The normalized spacial score (nSPS) is 12.1. The molecule has 2 N–H and O–H groups in total. The highest BCUT2D eigenvalue weighted by Crippen LogP contribution is 2.13. The van der Waals surface area contributed by atoms with Crippen LogP contribution in [0.3, 0.4) is 0 Å². The van der Waals surface area contributed by atoms with Crippen LogP contribution in [0.15, 0.2) is 54.6 Å². The van der Waals surface area contributed by atoms with Gasteiger partial charge < -0.3 is 9.47 Å². The molecule has 0 saturated heterocycles. The number of esters is 2. The first-order chi connectivity index (χ1) is 13.3. The maximum Gasteiger partial charge on any atom is 0.337 e. The van der Waals surface area contributed by atoms with Gasteiger partial charge >= 0.3 is 11.9 Å². The first-order valence-corrected chi connectivity index (χ1v) is 9.93. The molecule has 0 aromatic heterocycles. The van der Waals surface area contributed by atoms with E-state index >= 15 is 0 Å². The van der Waals surface area contributed by atoms with Crippen LogP contribution in [0.2, 0.25) is 0 Å². The van der Waals surface area contributed by atoms with E-state index in [4.69, 9.17) is 4.74 Å². The lowest BCUT2D eigenvalue weighted by Crippen LogP contribution is -2.44. The number of ether oxygens (including phenoxy) is 2. The van der Waals surface area contributed by atoms with E-state index in [9.17, 15) is 18.0 Å². The molecule has 1 atom stereocenters. The Labute approximate surface area is 164 Å². The molecule has 0 aliphatic carbocycles. The van der Waals surface area contributed by atoms with E-state index in [1.165, 1.54) is 38.5 Å². The first-order valence-electron chi connectivity index (χ1n) is 8.45. The number of anilines is 1. The Morgan fingerprint density at radius 2 is 1.61 bits per heavy atom. The van der Waals surface area contributed by atoms with Crippen LogP contribution in [0.4, 0.5) is 5.69 Å². The molecule has 0 aliphatic rings. The predicted octanol–water partition coefficient (Wildman–Crippen LogP) is 1.89. The van der Waals surface area contributed by atoms with Crippen molar-refractivity contribution in [2.24, 2.45) is 0 Å². The smallest absolute Gasteiger partial charge is 0.337 e. The molecule has 0 spiro atoms. The Morgan fingerprint density at radius 1 is 0.964 bits per heavy atom. The van der Waals surface area contributed by atoms with Gasteiger partial charge in [0, 0.05) is 5.69 Å². The molecule has 0 fully saturated rings. The van der Waals surface area contributed by atoms with Crippen molar-refractivity contribution in [3.05, 3.63) is 65.7 Å². The molecule has 2 rings (SSSR count). The minimum atomic E-state index is -4.05. The van der Waals surface area contributed by atoms with Crippen molar-refractivity contribution in [1.29, 1.82) is 0 Å². The topological polar surface area (TPSA) is 111 Å². The fourth-order valence-corrected chi connectivity index (χ4v) is 3.58. The first kappa shape index (κ1) is 21.4. The van der Waals surface area contributed by atoms with Gasteiger partial charge in [0.1, 0.15) is 6.04 Å². The van der Waals surface area contributed by atoms with E-state index in [0.717, 1.165) is 5.56 Å². The van der Waals surface area contributed by atoms with Gasteiger partial charge in [-0.05, 0) is 42.7 Å². The van der Waals surface area contributed by atoms with Gasteiger partial charge in [0.2, 0.25) is 0 Å². The van der Waals surface area contributed by atoms with Crippen LogP contribution in [-0.2, 0) is 30.9 Å². The van der Waals surface area contributed by atoms with Crippen LogP contribution < -0.4 is 9.44 Å². The standard InChI is InChI=1S/C19H22N2O6S/c1-26-18(22)15-9-11-16(12-10-15)20-28(24,25)21-17(19(23)27-2)13-8-14-6-4-3-5-7-14/h3-7,9-12,17,20-21H,8,13H2,1-2H3/t17-/m1/s1. The zero-order valence-electron chi connectivity index (χ0n) is 15.5. The summed E-state index contributed by atoms with van der Waals surface area (Å²) in [5.41, 5.74) is 1.49. The zero-order chi connectivity index (χ0) is 20.6. The Bertz CT molecular complexity index is 898. The van der Waals surface area contributed by atoms with E-state index in [2.05, 4.69) is 14.2 Å². The van der Waals surface area contributed by atoms with Gasteiger partial charge in [-0.25, -0.2) is 4.79 Å². The lowest BCUT2D eigenvalue weighted by atomic mass is 10.1. The van der Waals surface area contributed by atoms with Crippen LogP contribution >= 0.6 is 0 Å². The van der Waals surface area contributed by atoms with Crippen LogP contribution in [-0.4, -0.2) is 40.6 Å². The maximum absolute atomic E-state index is 12.4. The highest BCUT2D eigenvalue weighted by Gasteiger charge is 2.25. The number of aryl methyl sites for hydroxylation is 1. The van der Waals surface area contributed by atoms with Crippen molar-refractivity contribution in [3.8, 4) is 0 Å². The number of hydrogen-bond donors (Lipinski definition) is 2. The molecule has 0 saturated carbocycles. The van der Waals surface area contributed by atoms with Crippen LogP contribution in [0, 0.1) is 0 Å². The molecule has 0 amide bonds. The van der Waals surface area contributed by atoms with Gasteiger partial charge in [-0.3, -0.25) is 9.52 Å². The summed E-state index contributed by atoms with van der Waals surface area (Å²) in [7, 11) is -1.59. The summed E-state index contributed by atoms with van der Waals surface area (Å²) in [4.78, 5) is 23.4. The van der Waals surface area contributed by atoms with Crippen LogP contribution in [0.25, 0.3) is 0 Å². The van der Waals surface area contributed by atoms with Crippen molar-refractivity contribution in [2.75, 3.05) is 18.9 Å². The molecule has 0 heterocycles. The molecular formula is C19H22N2O6S. The Hall–Kier alpha value is -2.91. The third-order valence-corrected chi connectivity index (χ3v) is 5.01. The maximum atomic E-state index is 12.4. The summed E-state index contributed by atoms with van der Waals surface area (Å²) in [6.45, 7) is 0. The van der Waals surface area contributed by atoms with Crippen LogP contribution in [0.5, 0.6) is 0 Å². The van der Waals surface area contributed by atoms with Crippen molar-refractivity contribution in [3.63, 3.8) is 0 Å². The van der Waals surface area contributed by atoms with Crippen LogP contribution in [0.1, 0.15) is 22.3 Å². The Kier molecular flexibility index (Phi) is 7.53. The minimum Gasteiger partial charge on any atom is -0.468 e. The third-order valence-electron chi connectivity index (χ3n) is 3.91. The van der Waals surface area contributed by atoms with E-state index in [1.807, 2.05) is 30.3 Å². The van der Waals surface area contributed by atoms with Gasteiger partial charge in [0.15, 0.2) is 0 Å². The molecule has 0 aliphatic heterocycles. The molecule has 2 aromatic carbocycles. The summed E-state index contributed by atoms with van der Waals surface area (Å²) in [5.74, 6) is -1.21. The van der Waals surface area contributed by atoms with Gasteiger partial charge in [-0.15, -0.1) is 0 Å². The second kappa shape index (κ2) is 9.86. The number of methoxy groups -OCH3 is 2. The average molecular weight is 406 g/mol. The molecule has 0 radical (unpaired) electrons. The number of rotatable bonds is 9. The molecule has 9 heteroatoms. The molecule has 150 valence electrons. The van der Waals surface area contributed by atoms with Crippen molar-refractivity contribution < 1.29 is 27.5 Å². The average Bonchev–Trinajstić information content (AvgIpc) is 2.70. The van der Waals surface area contributed by atoms with E-state index < -0.39 is 28.2 Å². The van der Waals surface area contributed by atoms with Gasteiger partial charge in [0.25, 0.3) is 10.2 Å². The van der Waals surface area contributed by atoms with Gasteiger partial charge in [-0.2, -0.15) is 13.1 Å². The lowest BCUT2D eigenvalue weighted by molar-refractivity contribution is -0.142. The Morgan fingerprint density at radius 3 is 2.18 bits per heavy atom. The summed E-state index contributed by atoms with van der Waals surface area (Å²) < 4.78 is 38.7. The lowest BCUT2D eigenvalue weighted by Gasteiger charge is -2.17. The molecule has 2 aromatic rings. The minimum absolute atomic E-state index is 0.229.